The molecule has 1 aliphatic rings. The van der Waals surface area contributed by atoms with E-state index in [1.807, 2.05) is 0 Å². The molecule has 0 aromatic rings. The van der Waals surface area contributed by atoms with E-state index in [1.54, 1.807) is 7.11 Å². The van der Waals surface area contributed by atoms with Gasteiger partial charge in [0.25, 0.3) is 0 Å². The number of ether oxygens (including phenoxy) is 1. The highest BCUT2D eigenvalue weighted by atomic mass is 16.5. The summed E-state index contributed by atoms with van der Waals surface area (Å²) < 4.78 is 5.32. The first-order valence-corrected chi connectivity index (χ1v) is 8.07. The van der Waals surface area contributed by atoms with E-state index in [0.29, 0.717) is 11.5 Å². The normalized spacial score (nSPS) is 18.0. The minimum atomic E-state index is 0.417. The standard InChI is InChI=1S/C16H34N2O/c1-6-16(7-2,12-17-15-9-10-15)13-18(8-3)14(4)11-19-5/h14-15,17H,6-13H2,1-5H3. The summed E-state index contributed by atoms with van der Waals surface area (Å²) in [5, 5.41) is 3.74. The van der Waals surface area contributed by atoms with Crippen LogP contribution in [0.2, 0.25) is 0 Å². The Bertz CT molecular complexity index is 237. The third kappa shape index (κ3) is 5.41. The second-order valence-electron chi connectivity index (χ2n) is 6.23. The monoisotopic (exact) mass is 270 g/mol. The van der Waals surface area contributed by atoms with Crippen molar-refractivity contribution in [3.8, 4) is 0 Å². The molecule has 19 heavy (non-hydrogen) atoms. The van der Waals surface area contributed by atoms with Crippen LogP contribution < -0.4 is 5.32 Å². The van der Waals surface area contributed by atoms with Crippen molar-refractivity contribution in [1.29, 1.82) is 0 Å². The zero-order chi connectivity index (χ0) is 14.3. The molecule has 0 bridgehead atoms. The molecule has 3 nitrogen and oxygen atoms in total. The predicted octanol–water partition coefficient (Wildman–Crippen LogP) is 2.90. The summed E-state index contributed by atoms with van der Waals surface area (Å²) in [6.07, 6.45) is 5.25. The van der Waals surface area contributed by atoms with Crippen LogP contribution in [-0.4, -0.2) is 50.3 Å². The van der Waals surface area contributed by atoms with Gasteiger partial charge < -0.3 is 10.1 Å². The SMILES string of the molecule is CCN(CC(CC)(CC)CNC1CC1)C(C)COC. The third-order valence-corrected chi connectivity index (χ3v) is 4.82. The van der Waals surface area contributed by atoms with Crippen LogP contribution in [0, 0.1) is 5.41 Å². The highest BCUT2D eigenvalue weighted by Gasteiger charge is 2.32. The van der Waals surface area contributed by atoms with Gasteiger partial charge in [-0.25, -0.2) is 0 Å². The number of hydrogen-bond acceptors (Lipinski definition) is 3. The second-order valence-corrected chi connectivity index (χ2v) is 6.23. The summed E-state index contributed by atoms with van der Waals surface area (Å²) in [7, 11) is 1.80. The molecule has 0 aromatic carbocycles. The van der Waals surface area contributed by atoms with Gasteiger partial charge in [-0.15, -0.1) is 0 Å². The fourth-order valence-corrected chi connectivity index (χ4v) is 2.78. The van der Waals surface area contributed by atoms with Gasteiger partial charge in [0, 0.05) is 32.3 Å². The fourth-order valence-electron chi connectivity index (χ4n) is 2.78. The number of hydrogen-bond donors (Lipinski definition) is 1. The maximum atomic E-state index is 5.32. The maximum Gasteiger partial charge on any atom is 0.0615 e. The van der Waals surface area contributed by atoms with Crippen LogP contribution in [0.5, 0.6) is 0 Å². The summed E-state index contributed by atoms with van der Waals surface area (Å²) in [5.41, 5.74) is 0.417. The summed E-state index contributed by atoms with van der Waals surface area (Å²) in [6.45, 7) is 13.5. The number of rotatable bonds is 11. The molecule has 0 amide bonds. The van der Waals surface area contributed by atoms with Gasteiger partial charge in [-0.3, -0.25) is 4.90 Å². The molecule has 1 unspecified atom stereocenters. The maximum absolute atomic E-state index is 5.32. The van der Waals surface area contributed by atoms with Gasteiger partial charge in [0.2, 0.25) is 0 Å². The Morgan fingerprint density at radius 1 is 1.26 bits per heavy atom. The molecule has 1 aliphatic carbocycles. The lowest BCUT2D eigenvalue weighted by molar-refractivity contribution is 0.0611. The molecule has 3 heteroatoms. The predicted molar refractivity (Wildman–Crippen MR) is 82.6 cm³/mol. The molecule has 1 fully saturated rings. The van der Waals surface area contributed by atoms with Gasteiger partial charge in [-0.1, -0.05) is 20.8 Å². The summed E-state index contributed by atoms with van der Waals surface area (Å²) >= 11 is 0. The van der Waals surface area contributed by atoms with Crippen LogP contribution in [0.1, 0.15) is 53.4 Å². The molecular formula is C16H34N2O. The van der Waals surface area contributed by atoms with E-state index in [0.717, 1.165) is 19.2 Å². The van der Waals surface area contributed by atoms with Gasteiger partial charge in [0.15, 0.2) is 0 Å². The van der Waals surface area contributed by atoms with Crippen LogP contribution in [-0.2, 0) is 4.74 Å². The molecule has 0 heterocycles. The molecule has 1 atom stereocenters. The highest BCUT2D eigenvalue weighted by Crippen LogP contribution is 2.29. The summed E-state index contributed by atoms with van der Waals surface area (Å²) in [5.74, 6) is 0. The van der Waals surface area contributed by atoms with E-state index in [1.165, 1.54) is 38.8 Å². The van der Waals surface area contributed by atoms with Crippen LogP contribution in [0.4, 0.5) is 0 Å². The topological polar surface area (TPSA) is 24.5 Å². The molecule has 1 saturated carbocycles. The smallest absolute Gasteiger partial charge is 0.0615 e. The average Bonchev–Trinajstić information content (AvgIpc) is 3.24. The van der Waals surface area contributed by atoms with Crippen molar-refractivity contribution in [3.05, 3.63) is 0 Å². The van der Waals surface area contributed by atoms with Crippen molar-refractivity contribution in [3.63, 3.8) is 0 Å². The van der Waals surface area contributed by atoms with E-state index >= 15 is 0 Å². The lowest BCUT2D eigenvalue weighted by atomic mass is 9.81. The Morgan fingerprint density at radius 2 is 1.89 bits per heavy atom. The van der Waals surface area contributed by atoms with E-state index < -0.39 is 0 Å². The van der Waals surface area contributed by atoms with Gasteiger partial charge in [-0.2, -0.15) is 0 Å². The van der Waals surface area contributed by atoms with Gasteiger partial charge in [0.05, 0.1) is 6.61 Å². The summed E-state index contributed by atoms with van der Waals surface area (Å²) in [6, 6.07) is 1.32. The first-order chi connectivity index (χ1) is 9.10. The van der Waals surface area contributed by atoms with Gasteiger partial charge in [0.1, 0.15) is 0 Å². The van der Waals surface area contributed by atoms with Crippen molar-refractivity contribution >= 4 is 0 Å². The highest BCUT2D eigenvalue weighted by molar-refractivity contribution is 4.89. The van der Waals surface area contributed by atoms with Crippen molar-refractivity contribution in [2.75, 3.05) is 33.4 Å². The third-order valence-electron chi connectivity index (χ3n) is 4.82. The quantitative estimate of drug-likeness (QED) is 0.625. The molecule has 0 aromatic heterocycles. The molecule has 0 aliphatic heterocycles. The van der Waals surface area contributed by atoms with Crippen LogP contribution in [0.3, 0.4) is 0 Å². The lowest BCUT2D eigenvalue weighted by Crippen LogP contribution is -2.48. The molecular weight excluding hydrogens is 236 g/mol. The van der Waals surface area contributed by atoms with Crippen molar-refractivity contribution in [2.24, 2.45) is 5.41 Å². The van der Waals surface area contributed by atoms with Gasteiger partial charge in [-0.05, 0) is 44.6 Å². The summed E-state index contributed by atoms with van der Waals surface area (Å²) in [4.78, 5) is 2.57. The zero-order valence-electron chi connectivity index (χ0n) is 13.7. The molecule has 1 N–H and O–H groups in total. The van der Waals surface area contributed by atoms with E-state index in [-0.39, 0.29) is 0 Å². The molecule has 114 valence electrons. The van der Waals surface area contributed by atoms with Crippen LogP contribution >= 0.6 is 0 Å². The van der Waals surface area contributed by atoms with Crippen molar-refractivity contribution < 1.29 is 4.74 Å². The average molecular weight is 270 g/mol. The lowest BCUT2D eigenvalue weighted by Gasteiger charge is -2.39. The Hall–Kier alpha value is -0.120. The Kier molecular flexibility index (Phi) is 7.33. The largest absolute Gasteiger partial charge is 0.383 e. The van der Waals surface area contributed by atoms with E-state index in [9.17, 15) is 0 Å². The number of nitrogens with zero attached hydrogens (tertiary/aromatic N) is 1. The molecule has 1 rings (SSSR count). The Morgan fingerprint density at radius 3 is 2.32 bits per heavy atom. The second kappa shape index (κ2) is 8.23. The van der Waals surface area contributed by atoms with E-state index in [4.69, 9.17) is 4.74 Å². The molecule has 0 radical (unpaired) electrons. The number of nitrogens with one attached hydrogen (secondary N) is 1. The van der Waals surface area contributed by atoms with Crippen LogP contribution in [0.25, 0.3) is 0 Å². The molecule has 0 saturated heterocycles. The number of likely N-dealkylation sites (N-methyl/N-ethyl adjacent to an activating group) is 1. The number of methoxy groups -OCH3 is 1. The Balaban J connectivity index is 2.56. The molecule has 0 spiro atoms. The first-order valence-electron chi connectivity index (χ1n) is 8.07. The Labute approximate surface area is 120 Å². The minimum Gasteiger partial charge on any atom is -0.383 e. The van der Waals surface area contributed by atoms with Gasteiger partial charge >= 0.3 is 0 Å². The van der Waals surface area contributed by atoms with Crippen molar-refractivity contribution in [1.82, 2.24) is 10.2 Å². The van der Waals surface area contributed by atoms with Crippen molar-refractivity contribution in [2.45, 2.75) is 65.5 Å². The minimum absolute atomic E-state index is 0.417. The van der Waals surface area contributed by atoms with E-state index in [2.05, 4.69) is 37.9 Å². The zero-order valence-corrected chi connectivity index (χ0v) is 13.7. The first kappa shape index (κ1) is 16.9. The van der Waals surface area contributed by atoms with Crippen LogP contribution in [0.15, 0.2) is 0 Å². The fraction of sp³-hybridized carbons (Fsp3) is 1.00.